The summed E-state index contributed by atoms with van der Waals surface area (Å²) in [5.74, 6) is 1.88. The lowest BCUT2D eigenvalue weighted by molar-refractivity contribution is 0.494. The van der Waals surface area contributed by atoms with Gasteiger partial charge in [0.05, 0.1) is 0 Å². The van der Waals surface area contributed by atoms with E-state index < -0.39 is 0 Å². The molecule has 0 radical (unpaired) electrons. The van der Waals surface area contributed by atoms with Gasteiger partial charge in [0.15, 0.2) is 0 Å². The van der Waals surface area contributed by atoms with Crippen molar-refractivity contribution in [3.63, 3.8) is 0 Å². The molecule has 1 aromatic rings. The average molecular weight is 337 g/mol. The van der Waals surface area contributed by atoms with Gasteiger partial charge in [0.1, 0.15) is 0 Å². The van der Waals surface area contributed by atoms with Gasteiger partial charge in [-0.1, -0.05) is 35.3 Å². The molecule has 1 heterocycles. The third-order valence-electron chi connectivity index (χ3n) is 5.04. The fourth-order valence-corrected chi connectivity index (χ4v) is 4.35. The summed E-state index contributed by atoms with van der Waals surface area (Å²) >= 11 is 3.65. The monoisotopic (exact) mass is 336 g/mol. The number of benzene rings is 1. The van der Waals surface area contributed by atoms with Gasteiger partial charge in [-0.05, 0) is 55.8 Å². The van der Waals surface area contributed by atoms with Crippen molar-refractivity contribution in [2.24, 2.45) is 11.8 Å². The normalized spacial score (nSPS) is 26.9. The van der Waals surface area contributed by atoms with Gasteiger partial charge in [0.2, 0.25) is 0 Å². The Morgan fingerprint density at radius 3 is 2.65 bits per heavy atom. The van der Waals surface area contributed by atoms with Crippen LogP contribution in [0.4, 0.5) is 5.69 Å². The van der Waals surface area contributed by atoms with E-state index in [4.69, 9.17) is 0 Å². The van der Waals surface area contributed by atoms with Crippen LogP contribution in [0.15, 0.2) is 22.7 Å². The van der Waals surface area contributed by atoms with Gasteiger partial charge in [-0.3, -0.25) is 0 Å². The summed E-state index contributed by atoms with van der Waals surface area (Å²) in [5.41, 5.74) is 2.87. The van der Waals surface area contributed by atoms with E-state index in [0.29, 0.717) is 6.04 Å². The summed E-state index contributed by atoms with van der Waals surface area (Å²) in [7, 11) is 0. The predicted molar refractivity (Wildman–Crippen MR) is 89.3 cm³/mol. The van der Waals surface area contributed by atoms with Crippen molar-refractivity contribution in [3.8, 4) is 0 Å². The highest BCUT2D eigenvalue weighted by Crippen LogP contribution is 2.41. The van der Waals surface area contributed by atoms with Crippen LogP contribution in [0, 0.1) is 11.8 Å². The van der Waals surface area contributed by atoms with Gasteiger partial charge in [-0.2, -0.15) is 0 Å². The van der Waals surface area contributed by atoms with Crippen molar-refractivity contribution in [2.45, 2.75) is 39.2 Å². The Balaban J connectivity index is 1.86. The molecular formula is C17H25BrN2. The topological polar surface area (TPSA) is 15.3 Å². The van der Waals surface area contributed by atoms with E-state index in [9.17, 15) is 0 Å². The molecule has 0 spiro atoms. The molecule has 1 saturated heterocycles. The third-order valence-corrected chi connectivity index (χ3v) is 5.53. The lowest BCUT2D eigenvalue weighted by atomic mass is 10.0. The van der Waals surface area contributed by atoms with E-state index >= 15 is 0 Å². The van der Waals surface area contributed by atoms with Gasteiger partial charge < -0.3 is 10.2 Å². The second-order valence-corrected chi connectivity index (χ2v) is 7.25. The first-order chi connectivity index (χ1) is 9.69. The van der Waals surface area contributed by atoms with Crippen LogP contribution in [-0.2, 0) is 0 Å². The highest BCUT2D eigenvalue weighted by molar-refractivity contribution is 9.10. The first-order valence-corrected chi connectivity index (χ1v) is 8.76. The molecule has 2 fully saturated rings. The van der Waals surface area contributed by atoms with E-state index in [0.717, 1.165) is 18.4 Å². The molecule has 1 aromatic carbocycles. The number of nitrogens with one attached hydrogen (secondary N) is 1. The van der Waals surface area contributed by atoms with Crippen LogP contribution < -0.4 is 10.2 Å². The third kappa shape index (κ3) is 2.75. The summed E-state index contributed by atoms with van der Waals surface area (Å²) < 4.78 is 1.19. The molecule has 1 aliphatic heterocycles. The predicted octanol–water partition coefficient (Wildman–Crippen LogP) is 4.36. The number of rotatable bonds is 4. The Hall–Kier alpha value is -0.540. The van der Waals surface area contributed by atoms with E-state index in [1.54, 1.807) is 0 Å². The molecule has 2 aliphatic rings. The lowest BCUT2D eigenvalue weighted by Gasteiger charge is -2.26. The second kappa shape index (κ2) is 6.07. The number of anilines is 1. The molecule has 110 valence electrons. The van der Waals surface area contributed by atoms with Crippen molar-refractivity contribution in [1.82, 2.24) is 5.32 Å². The molecule has 1 aliphatic carbocycles. The molecule has 0 aromatic heterocycles. The molecule has 3 rings (SSSR count). The molecule has 2 nitrogen and oxygen atoms in total. The van der Waals surface area contributed by atoms with Crippen LogP contribution in [0.3, 0.4) is 0 Å². The maximum atomic E-state index is 3.65. The quantitative estimate of drug-likeness (QED) is 0.878. The van der Waals surface area contributed by atoms with Gasteiger partial charge in [-0.15, -0.1) is 0 Å². The van der Waals surface area contributed by atoms with E-state index in [1.165, 1.54) is 48.1 Å². The number of nitrogens with zero attached hydrogens (tertiary/aromatic N) is 1. The molecule has 3 atom stereocenters. The summed E-state index contributed by atoms with van der Waals surface area (Å²) in [4.78, 5) is 2.63. The molecule has 0 bridgehead atoms. The zero-order chi connectivity index (χ0) is 14.1. The highest BCUT2D eigenvalue weighted by Gasteiger charge is 2.36. The number of hydrogen-bond acceptors (Lipinski definition) is 2. The van der Waals surface area contributed by atoms with Crippen LogP contribution in [0.5, 0.6) is 0 Å². The summed E-state index contributed by atoms with van der Waals surface area (Å²) in [6.45, 7) is 7.98. The summed E-state index contributed by atoms with van der Waals surface area (Å²) in [6.07, 6.45) is 4.32. The Morgan fingerprint density at radius 1 is 1.30 bits per heavy atom. The smallest absolute Gasteiger partial charge is 0.0426 e. The van der Waals surface area contributed by atoms with Crippen molar-refractivity contribution < 1.29 is 0 Å². The number of hydrogen-bond donors (Lipinski definition) is 1. The van der Waals surface area contributed by atoms with E-state index in [1.807, 2.05) is 0 Å². The molecule has 3 heteroatoms. The molecule has 3 unspecified atom stereocenters. The molecule has 20 heavy (non-hydrogen) atoms. The first-order valence-electron chi connectivity index (χ1n) is 7.96. The summed E-state index contributed by atoms with van der Waals surface area (Å²) in [5, 5.41) is 3.55. The minimum absolute atomic E-state index is 0.420. The van der Waals surface area contributed by atoms with Crippen molar-refractivity contribution in [3.05, 3.63) is 28.2 Å². The fourth-order valence-electron chi connectivity index (χ4n) is 4.00. The minimum atomic E-state index is 0.420. The van der Waals surface area contributed by atoms with Crippen LogP contribution >= 0.6 is 15.9 Å². The summed E-state index contributed by atoms with van der Waals surface area (Å²) in [6, 6.07) is 7.18. The maximum absolute atomic E-state index is 3.65. The SMILES string of the molecule is CCNC(C)c1ccc(Br)cc1N1CC2CCCC2C1. The Kier molecular flexibility index (Phi) is 4.37. The minimum Gasteiger partial charge on any atom is -0.371 e. The van der Waals surface area contributed by atoms with Gasteiger partial charge >= 0.3 is 0 Å². The second-order valence-electron chi connectivity index (χ2n) is 6.34. The average Bonchev–Trinajstić information content (AvgIpc) is 2.99. The van der Waals surface area contributed by atoms with Crippen molar-refractivity contribution >= 4 is 21.6 Å². The number of fused-ring (bicyclic) bond motifs is 1. The molecule has 1 saturated carbocycles. The Morgan fingerprint density at radius 2 is 2.00 bits per heavy atom. The van der Waals surface area contributed by atoms with Gasteiger partial charge in [0.25, 0.3) is 0 Å². The lowest BCUT2D eigenvalue weighted by Crippen LogP contribution is -2.25. The zero-order valence-electron chi connectivity index (χ0n) is 12.5. The van der Waals surface area contributed by atoms with Crippen molar-refractivity contribution in [2.75, 3.05) is 24.5 Å². The Bertz CT molecular complexity index is 462. The van der Waals surface area contributed by atoms with Gasteiger partial charge in [0, 0.05) is 29.3 Å². The maximum Gasteiger partial charge on any atom is 0.0426 e. The first kappa shape index (κ1) is 14.4. The number of halogens is 1. The van der Waals surface area contributed by atoms with Gasteiger partial charge in [-0.25, -0.2) is 0 Å². The largest absolute Gasteiger partial charge is 0.371 e. The molecule has 1 N–H and O–H groups in total. The Labute approximate surface area is 131 Å². The highest BCUT2D eigenvalue weighted by atomic mass is 79.9. The van der Waals surface area contributed by atoms with Crippen molar-refractivity contribution in [1.29, 1.82) is 0 Å². The standard InChI is InChI=1S/C17H25BrN2/c1-3-19-12(2)16-8-7-15(18)9-17(16)20-10-13-5-4-6-14(13)11-20/h7-9,12-14,19H,3-6,10-11H2,1-2H3. The van der Waals surface area contributed by atoms with E-state index in [-0.39, 0.29) is 0 Å². The van der Waals surface area contributed by atoms with Crippen LogP contribution in [0.1, 0.15) is 44.7 Å². The fraction of sp³-hybridized carbons (Fsp3) is 0.647. The molecular weight excluding hydrogens is 312 g/mol. The van der Waals surface area contributed by atoms with E-state index in [2.05, 4.69) is 58.2 Å². The van der Waals surface area contributed by atoms with Crippen LogP contribution in [0.25, 0.3) is 0 Å². The van der Waals surface area contributed by atoms with Crippen LogP contribution in [-0.4, -0.2) is 19.6 Å². The molecule has 0 amide bonds. The van der Waals surface area contributed by atoms with Crippen LogP contribution in [0.2, 0.25) is 0 Å². The zero-order valence-corrected chi connectivity index (χ0v) is 14.1.